The molecule has 0 saturated heterocycles. The maximum Gasteiger partial charge on any atom is 0.341 e. The molecule has 29 heavy (non-hydrogen) atoms. The predicted molar refractivity (Wildman–Crippen MR) is 117 cm³/mol. The lowest BCUT2D eigenvalue weighted by Crippen LogP contribution is -2.21. The summed E-state index contributed by atoms with van der Waals surface area (Å²) in [7, 11) is 0. The average molecular weight is 433 g/mol. The molecule has 0 atom stereocenters. The molecule has 1 heterocycles. The first-order chi connectivity index (χ1) is 13.9. The number of anilines is 2. The van der Waals surface area contributed by atoms with Crippen LogP contribution in [-0.2, 0) is 4.74 Å². The van der Waals surface area contributed by atoms with Gasteiger partial charge in [0.05, 0.1) is 12.3 Å². The quantitative estimate of drug-likeness (QED) is 0.383. The number of rotatable bonds is 5. The lowest BCUT2D eigenvalue weighted by atomic mass is 10.0. The summed E-state index contributed by atoms with van der Waals surface area (Å²) in [5.41, 5.74) is 1.87. The van der Waals surface area contributed by atoms with Crippen LogP contribution in [0.2, 0.25) is 0 Å². The highest BCUT2D eigenvalue weighted by Gasteiger charge is 2.25. The van der Waals surface area contributed by atoms with E-state index in [0.717, 1.165) is 34.2 Å². The first-order valence-electron chi connectivity index (χ1n) is 8.79. The molecule has 0 amide bonds. The standard InChI is InChI=1S/C21H18F2N2O2S2/c1-3-27-20(26)18-17(13-7-5-4-6-8-13)12(2)29-19(18)25-21(28)24-16-11-14(22)9-10-15(16)23/h4-11H,3H2,1-2H3,(H2,24,25,28). The molecule has 3 aromatic rings. The van der Waals surface area contributed by atoms with Crippen LogP contribution >= 0.6 is 23.6 Å². The summed E-state index contributed by atoms with van der Waals surface area (Å²) in [5.74, 6) is -1.73. The molecular formula is C21H18F2N2O2S2. The molecule has 0 unspecified atom stereocenters. The first kappa shape index (κ1) is 20.9. The fraction of sp³-hybridized carbons (Fsp3) is 0.143. The highest BCUT2D eigenvalue weighted by atomic mass is 32.1. The summed E-state index contributed by atoms with van der Waals surface area (Å²) in [4.78, 5) is 13.6. The van der Waals surface area contributed by atoms with E-state index in [0.29, 0.717) is 10.6 Å². The fourth-order valence-electron chi connectivity index (χ4n) is 2.83. The number of esters is 1. The molecule has 0 fully saturated rings. The zero-order valence-corrected chi connectivity index (χ0v) is 17.3. The summed E-state index contributed by atoms with van der Waals surface area (Å²) < 4.78 is 32.5. The van der Waals surface area contributed by atoms with E-state index in [1.807, 2.05) is 37.3 Å². The van der Waals surface area contributed by atoms with E-state index in [2.05, 4.69) is 10.6 Å². The number of carbonyl (C=O) groups is 1. The van der Waals surface area contributed by atoms with Crippen LogP contribution in [0.1, 0.15) is 22.2 Å². The summed E-state index contributed by atoms with van der Waals surface area (Å²) in [5, 5.41) is 6.05. The van der Waals surface area contributed by atoms with Gasteiger partial charge in [-0.25, -0.2) is 13.6 Å². The Morgan fingerprint density at radius 2 is 1.86 bits per heavy atom. The number of carbonyl (C=O) groups excluding carboxylic acids is 1. The van der Waals surface area contributed by atoms with Crippen molar-refractivity contribution in [3.05, 3.63) is 70.6 Å². The van der Waals surface area contributed by atoms with Gasteiger partial charge in [0.25, 0.3) is 0 Å². The first-order valence-corrected chi connectivity index (χ1v) is 10.0. The van der Waals surface area contributed by atoms with E-state index in [4.69, 9.17) is 17.0 Å². The van der Waals surface area contributed by atoms with Crippen molar-refractivity contribution in [3.63, 3.8) is 0 Å². The van der Waals surface area contributed by atoms with Gasteiger partial charge in [-0.05, 0) is 43.8 Å². The Labute approximate surface area is 176 Å². The number of thiocarbonyl (C=S) groups is 1. The Balaban J connectivity index is 1.95. The molecular weight excluding hydrogens is 414 g/mol. The van der Waals surface area contributed by atoms with Crippen molar-refractivity contribution in [2.45, 2.75) is 13.8 Å². The van der Waals surface area contributed by atoms with Crippen LogP contribution in [0.15, 0.2) is 48.5 Å². The topological polar surface area (TPSA) is 50.4 Å². The third kappa shape index (κ3) is 4.78. The third-order valence-electron chi connectivity index (χ3n) is 4.03. The van der Waals surface area contributed by atoms with Crippen LogP contribution < -0.4 is 10.6 Å². The summed E-state index contributed by atoms with van der Waals surface area (Å²) in [6.45, 7) is 3.84. The number of halogens is 2. The maximum atomic E-state index is 13.9. The Morgan fingerprint density at radius 1 is 1.14 bits per heavy atom. The molecule has 8 heteroatoms. The van der Waals surface area contributed by atoms with E-state index in [9.17, 15) is 13.6 Å². The molecule has 0 aliphatic rings. The second-order valence-corrected chi connectivity index (χ2v) is 7.66. The minimum atomic E-state index is -0.645. The van der Waals surface area contributed by atoms with E-state index in [-0.39, 0.29) is 17.4 Å². The van der Waals surface area contributed by atoms with Crippen LogP contribution in [-0.4, -0.2) is 17.7 Å². The summed E-state index contributed by atoms with van der Waals surface area (Å²) in [6, 6.07) is 12.5. The highest BCUT2D eigenvalue weighted by molar-refractivity contribution is 7.80. The SMILES string of the molecule is CCOC(=O)c1c(NC(=S)Nc2cc(F)ccc2F)sc(C)c1-c1ccccc1. The van der Waals surface area contributed by atoms with Crippen LogP contribution in [0.25, 0.3) is 11.1 Å². The summed E-state index contributed by atoms with van der Waals surface area (Å²) in [6.07, 6.45) is 0. The van der Waals surface area contributed by atoms with E-state index >= 15 is 0 Å². The minimum absolute atomic E-state index is 0.0286. The van der Waals surface area contributed by atoms with E-state index in [1.54, 1.807) is 6.92 Å². The van der Waals surface area contributed by atoms with Gasteiger partial charge in [0.1, 0.15) is 22.2 Å². The van der Waals surface area contributed by atoms with Crippen LogP contribution in [0.5, 0.6) is 0 Å². The Kier molecular flexibility index (Phi) is 6.56. The smallest absolute Gasteiger partial charge is 0.341 e. The van der Waals surface area contributed by atoms with Crippen molar-refractivity contribution in [3.8, 4) is 11.1 Å². The number of aryl methyl sites for hydroxylation is 1. The number of nitrogens with one attached hydrogen (secondary N) is 2. The monoisotopic (exact) mass is 432 g/mol. The van der Waals surface area contributed by atoms with Crippen LogP contribution in [0.4, 0.5) is 19.5 Å². The second-order valence-electron chi connectivity index (χ2n) is 6.03. The van der Waals surface area contributed by atoms with Gasteiger partial charge in [-0.1, -0.05) is 30.3 Å². The van der Waals surface area contributed by atoms with E-state index in [1.165, 1.54) is 11.3 Å². The van der Waals surface area contributed by atoms with Crippen molar-refractivity contribution < 1.29 is 18.3 Å². The fourth-order valence-corrected chi connectivity index (χ4v) is 4.18. The van der Waals surface area contributed by atoms with Crippen LogP contribution in [0.3, 0.4) is 0 Å². The second kappa shape index (κ2) is 9.11. The van der Waals surface area contributed by atoms with Gasteiger partial charge in [-0.2, -0.15) is 0 Å². The maximum absolute atomic E-state index is 13.9. The van der Waals surface area contributed by atoms with Gasteiger partial charge < -0.3 is 15.4 Å². The molecule has 0 spiro atoms. The molecule has 4 nitrogen and oxygen atoms in total. The zero-order chi connectivity index (χ0) is 21.0. The van der Waals surface area contributed by atoms with Gasteiger partial charge >= 0.3 is 5.97 Å². The Morgan fingerprint density at radius 3 is 2.55 bits per heavy atom. The molecule has 150 valence electrons. The average Bonchev–Trinajstić information content (AvgIpc) is 3.01. The van der Waals surface area contributed by atoms with Crippen molar-refractivity contribution in [1.29, 1.82) is 0 Å². The molecule has 2 aromatic carbocycles. The molecule has 1 aromatic heterocycles. The molecule has 0 radical (unpaired) electrons. The van der Waals surface area contributed by atoms with Gasteiger partial charge in [0.15, 0.2) is 5.11 Å². The molecule has 0 aliphatic heterocycles. The van der Waals surface area contributed by atoms with Crippen molar-refractivity contribution in [2.75, 3.05) is 17.2 Å². The highest BCUT2D eigenvalue weighted by Crippen LogP contribution is 2.40. The molecule has 0 bridgehead atoms. The molecule has 0 saturated carbocycles. The van der Waals surface area contributed by atoms with Crippen LogP contribution in [0, 0.1) is 18.6 Å². The van der Waals surface area contributed by atoms with Gasteiger partial charge in [0.2, 0.25) is 0 Å². The normalized spacial score (nSPS) is 10.5. The number of benzene rings is 2. The third-order valence-corrected chi connectivity index (χ3v) is 5.25. The largest absolute Gasteiger partial charge is 0.462 e. The van der Waals surface area contributed by atoms with Crippen molar-refractivity contribution in [2.24, 2.45) is 0 Å². The summed E-state index contributed by atoms with van der Waals surface area (Å²) >= 11 is 6.57. The number of ether oxygens (including phenoxy) is 1. The molecule has 3 rings (SSSR count). The van der Waals surface area contributed by atoms with Crippen molar-refractivity contribution in [1.82, 2.24) is 0 Å². The van der Waals surface area contributed by atoms with Gasteiger partial charge in [0, 0.05) is 16.5 Å². The number of hydrogen-bond acceptors (Lipinski definition) is 4. The number of thiophene rings is 1. The van der Waals surface area contributed by atoms with Crippen molar-refractivity contribution >= 4 is 45.3 Å². The lowest BCUT2D eigenvalue weighted by Gasteiger charge is -2.12. The minimum Gasteiger partial charge on any atom is -0.462 e. The lowest BCUT2D eigenvalue weighted by molar-refractivity contribution is 0.0529. The molecule has 2 N–H and O–H groups in total. The van der Waals surface area contributed by atoms with E-state index < -0.39 is 17.6 Å². The zero-order valence-electron chi connectivity index (χ0n) is 15.7. The predicted octanol–water partition coefficient (Wildman–Crippen LogP) is 5.99. The Hall–Kier alpha value is -2.84. The number of hydrogen-bond donors (Lipinski definition) is 2. The van der Waals surface area contributed by atoms with Gasteiger partial charge in [-0.15, -0.1) is 11.3 Å². The Bertz CT molecular complexity index is 1050. The van der Waals surface area contributed by atoms with Gasteiger partial charge in [-0.3, -0.25) is 0 Å². The molecule has 0 aliphatic carbocycles.